The van der Waals surface area contributed by atoms with Crippen LogP contribution in [0.3, 0.4) is 0 Å². The van der Waals surface area contributed by atoms with Crippen LogP contribution in [-0.2, 0) is 14.6 Å². The lowest BCUT2D eigenvalue weighted by molar-refractivity contribution is 0.324. The van der Waals surface area contributed by atoms with E-state index in [2.05, 4.69) is 14.5 Å². The smallest absolute Gasteiger partial charge is 0.372 e. The molecule has 0 amide bonds. The fourth-order valence-corrected chi connectivity index (χ4v) is 0.751. The first-order valence-electron chi connectivity index (χ1n) is 4.00. The molecule has 0 unspecified atom stereocenters. The molecule has 0 bridgehead atoms. The summed E-state index contributed by atoms with van der Waals surface area (Å²) in [6.45, 7) is 2.62. The van der Waals surface area contributed by atoms with Crippen molar-refractivity contribution in [3.05, 3.63) is 0 Å². The summed E-state index contributed by atoms with van der Waals surface area (Å²) in [5, 5.41) is 3.13. The van der Waals surface area contributed by atoms with Gasteiger partial charge in [-0.15, -0.1) is 0 Å². The molecule has 1 aliphatic heterocycles. The van der Waals surface area contributed by atoms with Gasteiger partial charge in [0.1, 0.15) is 0 Å². The zero-order valence-electron chi connectivity index (χ0n) is 7.93. The predicted octanol–water partition coefficient (Wildman–Crippen LogP) is -1.23. The van der Waals surface area contributed by atoms with Crippen LogP contribution in [-0.4, -0.2) is 45.6 Å². The number of nitrogens with one attached hydrogen (secondary N) is 1. The van der Waals surface area contributed by atoms with Gasteiger partial charge in [0.15, 0.2) is 0 Å². The van der Waals surface area contributed by atoms with Crippen LogP contribution in [0.2, 0.25) is 0 Å². The van der Waals surface area contributed by atoms with Crippen LogP contribution in [0.5, 0.6) is 0 Å². The minimum absolute atomic E-state index is 0.700. The second-order valence-electron chi connectivity index (χ2n) is 2.39. The average Bonchev–Trinajstić information content (AvgIpc) is 2.58. The highest BCUT2D eigenvalue weighted by molar-refractivity contribution is 7.80. The Morgan fingerprint density at radius 3 is 2.57 bits per heavy atom. The van der Waals surface area contributed by atoms with Gasteiger partial charge in [-0.25, -0.2) is 0 Å². The van der Waals surface area contributed by atoms with Crippen molar-refractivity contribution in [3.63, 3.8) is 0 Å². The minimum atomic E-state index is -4.16. The van der Waals surface area contributed by atoms with E-state index in [9.17, 15) is 8.42 Å². The van der Waals surface area contributed by atoms with E-state index in [1.165, 1.54) is 0 Å². The molecule has 0 saturated carbocycles. The second-order valence-corrected chi connectivity index (χ2v) is 3.58. The maximum absolute atomic E-state index is 9.33. The van der Waals surface area contributed by atoms with Gasteiger partial charge in [-0.1, -0.05) is 0 Å². The molecular weight excluding hydrogens is 210 g/mol. The second kappa shape index (κ2) is 6.71. The standard InChI is InChI=1S/C5H11N3.CH4O4S/c6-2-1-5-7-3-4-8-5;1-5-6(2,3)4/h1-4,6H2,(H,7,8);1H3,(H,2,3,4). The minimum Gasteiger partial charge on any atom is -0.372 e. The van der Waals surface area contributed by atoms with Crippen LogP contribution in [0, 0.1) is 0 Å². The van der Waals surface area contributed by atoms with E-state index in [1.54, 1.807) is 0 Å². The normalized spacial score (nSPS) is 15.2. The van der Waals surface area contributed by atoms with Crippen molar-refractivity contribution >= 4 is 16.2 Å². The third-order valence-corrected chi connectivity index (χ3v) is 1.76. The highest BCUT2D eigenvalue weighted by Crippen LogP contribution is 1.87. The van der Waals surface area contributed by atoms with E-state index < -0.39 is 10.4 Å². The molecular formula is C6H15N3O4S. The first-order valence-corrected chi connectivity index (χ1v) is 5.36. The molecule has 1 rings (SSSR count). The van der Waals surface area contributed by atoms with Crippen molar-refractivity contribution in [2.75, 3.05) is 26.7 Å². The van der Waals surface area contributed by atoms with E-state index >= 15 is 0 Å². The van der Waals surface area contributed by atoms with Gasteiger partial charge in [0.25, 0.3) is 0 Å². The number of hydrogen-bond donors (Lipinski definition) is 3. The lowest BCUT2D eigenvalue weighted by atomic mass is 10.4. The van der Waals surface area contributed by atoms with E-state index in [0.717, 1.165) is 32.5 Å². The molecule has 4 N–H and O–H groups in total. The van der Waals surface area contributed by atoms with Crippen LogP contribution >= 0.6 is 0 Å². The Kier molecular flexibility index (Phi) is 6.37. The number of hydrogen-bond acceptors (Lipinski definition) is 6. The Morgan fingerprint density at radius 2 is 2.29 bits per heavy atom. The van der Waals surface area contributed by atoms with Crippen molar-refractivity contribution < 1.29 is 17.2 Å². The Morgan fingerprint density at radius 1 is 1.71 bits per heavy atom. The molecule has 0 aromatic rings. The van der Waals surface area contributed by atoms with Gasteiger partial charge >= 0.3 is 10.4 Å². The first kappa shape index (κ1) is 13.3. The van der Waals surface area contributed by atoms with Crippen molar-refractivity contribution in [2.45, 2.75) is 6.42 Å². The molecule has 0 radical (unpaired) electrons. The van der Waals surface area contributed by atoms with Gasteiger partial charge < -0.3 is 11.1 Å². The van der Waals surface area contributed by atoms with E-state index in [0.29, 0.717) is 6.54 Å². The predicted molar refractivity (Wildman–Crippen MR) is 52.5 cm³/mol. The Hall–Kier alpha value is -0.700. The summed E-state index contributed by atoms with van der Waals surface area (Å²) in [6.07, 6.45) is 0.903. The maximum atomic E-state index is 9.33. The summed E-state index contributed by atoms with van der Waals surface area (Å²) in [5.41, 5.74) is 5.29. The van der Waals surface area contributed by atoms with Gasteiger partial charge in [-0.2, -0.15) is 8.42 Å². The zero-order chi connectivity index (χ0) is 11.0. The van der Waals surface area contributed by atoms with Gasteiger partial charge in [-0.05, 0) is 6.54 Å². The molecule has 0 atom stereocenters. The van der Waals surface area contributed by atoms with Crippen molar-refractivity contribution in [2.24, 2.45) is 10.7 Å². The molecule has 7 nitrogen and oxygen atoms in total. The largest absolute Gasteiger partial charge is 0.397 e. The molecule has 14 heavy (non-hydrogen) atoms. The summed E-state index contributed by atoms with van der Waals surface area (Å²) in [7, 11) is -3.29. The summed E-state index contributed by atoms with van der Waals surface area (Å²) < 4.78 is 29.7. The zero-order valence-corrected chi connectivity index (χ0v) is 8.75. The Labute approximate surface area is 83.3 Å². The van der Waals surface area contributed by atoms with E-state index in [-0.39, 0.29) is 0 Å². The van der Waals surface area contributed by atoms with Gasteiger partial charge in [0.2, 0.25) is 0 Å². The molecule has 84 valence electrons. The molecule has 0 aromatic heterocycles. The summed E-state index contributed by atoms with van der Waals surface area (Å²) in [6, 6.07) is 0. The number of aliphatic imine (C=N–C) groups is 1. The van der Waals surface area contributed by atoms with Crippen LogP contribution in [0.1, 0.15) is 6.42 Å². The van der Waals surface area contributed by atoms with Gasteiger partial charge in [0, 0.05) is 13.0 Å². The van der Waals surface area contributed by atoms with Crippen molar-refractivity contribution in [3.8, 4) is 0 Å². The highest BCUT2D eigenvalue weighted by Gasteiger charge is 2.00. The van der Waals surface area contributed by atoms with Crippen LogP contribution in [0.4, 0.5) is 0 Å². The Balaban J connectivity index is 0.000000255. The summed E-state index contributed by atoms with van der Waals surface area (Å²) in [5.74, 6) is 1.08. The SMILES string of the molecule is COS(=O)(=O)O.NCCC1=NCCN1. The highest BCUT2D eigenvalue weighted by atomic mass is 32.3. The van der Waals surface area contributed by atoms with Crippen molar-refractivity contribution in [1.82, 2.24) is 5.32 Å². The van der Waals surface area contributed by atoms with Gasteiger partial charge in [-0.3, -0.25) is 13.7 Å². The molecule has 0 saturated heterocycles. The van der Waals surface area contributed by atoms with Crippen LogP contribution in [0.15, 0.2) is 4.99 Å². The number of amidine groups is 1. The molecule has 0 aromatic carbocycles. The summed E-state index contributed by atoms with van der Waals surface area (Å²) >= 11 is 0. The fraction of sp³-hybridized carbons (Fsp3) is 0.833. The fourth-order valence-electron chi connectivity index (χ4n) is 0.751. The average molecular weight is 225 g/mol. The monoisotopic (exact) mass is 225 g/mol. The topological polar surface area (TPSA) is 114 Å². The maximum Gasteiger partial charge on any atom is 0.397 e. The molecule has 1 aliphatic rings. The van der Waals surface area contributed by atoms with E-state index in [1.807, 2.05) is 0 Å². The quantitative estimate of drug-likeness (QED) is 0.518. The first-order chi connectivity index (χ1) is 6.49. The molecule has 1 heterocycles. The summed E-state index contributed by atoms with van der Waals surface area (Å²) in [4.78, 5) is 4.15. The number of rotatable bonds is 3. The van der Waals surface area contributed by atoms with Crippen LogP contribution in [0.25, 0.3) is 0 Å². The third-order valence-electron chi connectivity index (χ3n) is 1.34. The number of nitrogens with zero attached hydrogens (tertiary/aromatic N) is 1. The lowest BCUT2D eigenvalue weighted by Gasteiger charge is -1.95. The van der Waals surface area contributed by atoms with Crippen molar-refractivity contribution in [1.29, 1.82) is 0 Å². The molecule has 8 heteroatoms. The lowest BCUT2D eigenvalue weighted by Crippen LogP contribution is -2.21. The van der Waals surface area contributed by atoms with Crippen LogP contribution < -0.4 is 11.1 Å². The van der Waals surface area contributed by atoms with E-state index in [4.69, 9.17) is 10.3 Å². The number of nitrogens with two attached hydrogens (primary N) is 1. The molecule has 0 aliphatic carbocycles. The molecule has 0 spiro atoms. The van der Waals surface area contributed by atoms with Gasteiger partial charge in [0.05, 0.1) is 19.5 Å². The molecule has 0 fully saturated rings. The Bertz CT molecular complexity index is 275. The third kappa shape index (κ3) is 7.92.